The van der Waals surface area contributed by atoms with Crippen LogP contribution < -0.4 is 5.32 Å². The van der Waals surface area contributed by atoms with Crippen molar-refractivity contribution in [3.63, 3.8) is 0 Å². The molecule has 4 nitrogen and oxygen atoms in total. The summed E-state index contributed by atoms with van der Waals surface area (Å²) < 4.78 is 23.5. The molecule has 0 radical (unpaired) electrons. The number of aromatic nitrogens is 2. The summed E-state index contributed by atoms with van der Waals surface area (Å²) in [4.78, 5) is 7.45. The van der Waals surface area contributed by atoms with Gasteiger partial charge in [-0.15, -0.1) is 0 Å². The van der Waals surface area contributed by atoms with Crippen molar-refractivity contribution in [3.05, 3.63) is 18.0 Å². The summed E-state index contributed by atoms with van der Waals surface area (Å²) in [5.74, 6) is 0.104. The van der Waals surface area contributed by atoms with Crippen LogP contribution in [-0.4, -0.2) is 28.0 Å². The zero-order valence-electron chi connectivity index (χ0n) is 6.74. The number of hydrogen-bond acceptors (Lipinski definition) is 4. The van der Waals surface area contributed by atoms with Crippen molar-refractivity contribution in [2.75, 3.05) is 11.9 Å². The van der Waals surface area contributed by atoms with Crippen LogP contribution in [0.15, 0.2) is 12.3 Å². The Labute approximate surface area is 73.6 Å². The first kappa shape index (κ1) is 9.79. The van der Waals surface area contributed by atoms with Gasteiger partial charge in [-0.25, -0.2) is 18.7 Å². The smallest absolute Gasteiger partial charge is 0.255 e. The van der Waals surface area contributed by atoms with E-state index in [9.17, 15) is 8.78 Å². The first-order valence-corrected chi connectivity index (χ1v) is 3.67. The van der Waals surface area contributed by atoms with Crippen molar-refractivity contribution in [1.82, 2.24) is 9.97 Å². The highest BCUT2D eigenvalue weighted by molar-refractivity contribution is 5.24. The Bertz CT molecular complexity index is 270. The fourth-order valence-corrected chi connectivity index (χ4v) is 0.738. The van der Waals surface area contributed by atoms with E-state index in [1.165, 1.54) is 12.3 Å². The second-order valence-corrected chi connectivity index (χ2v) is 2.30. The van der Waals surface area contributed by atoms with Gasteiger partial charge in [0.2, 0.25) is 5.95 Å². The molecule has 0 aliphatic carbocycles. The molecule has 72 valence electrons. The predicted molar refractivity (Wildman–Crippen MR) is 42.4 cm³/mol. The molecular weight excluding hydrogens is 180 g/mol. The third-order valence-corrected chi connectivity index (χ3v) is 1.29. The molecule has 0 atom stereocenters. The van der Waals surface area contributed by atoms with Gasteiger partial charge in [-0.05, 0) is 6.07 Å². The number of nitrogens with one attached hydrogen (secondary N) is 1. The third-order valence-electron chi connectivity index (χ3n) is 1.29. The Kier molecular flexibility index (Phi) is 3.51. The highest BCUT2D eigenvalue weighted by atomic mass is 19.3. The number of anilines is 1. The first-order valence-electron chi connectivity index (χ1n) is 3.67. The summed E-state index contributed by atoms with van der Waals surface area (Å²) in [6.45, 7) is -0.721. The highest BCUT2D eigenvalue weighted by Crippen LogP contribution is 2.01. The van der Waals surface area contributed by atoms with Crippen LogP contribution in [0.1, 0.15) is 5.69 Å². The lowest BCUT2D eigenvalue weighted by molar-refractivity contribution is 0.163. The molecule has 1 rings (SSSR count). The van der Waals surface area contributed by atoms with Crippen molar-refractivity contribution in [2.45, 2.75) is 13.0 Å². The zero-order valence-corrected chi connectivity index (χ0v) is 6.74. The maximum Gasteiger partial charge on any atom is 0.255 e. The van der Waals surface area contributed by atoms with Crippen LogP contribution in [0.4, 0.5) is 14.7 Å². The lowest BCUT2D eigenvalue weighted by Gasteiger charge is -2.03. The molecule has 0 saturated heterocycles. The fourth-order valence-electron chi connectivity index (χ4n) is 0.738. The summed E-state index contributed by atoms with van der Waals surface area (Å²) in [5.41, 5.74) is 0.395. The monoisotopic (exact) mass is 189 g/mol. The van der Waals surface area contributed by atoms with Crippen molar-refractivity contribution in [2.24, 2.45) is 0 Å². The van der Waals surface area contributed by atoms with E-state index in [0.29, 0.717) is 5.69 Å². The predicted octanol–water partition coefficient (Wildman–Crippen LogP) is 0.646. The molecule has 2 N–H and O–H groups in total. The Morgan fingerprint density at radius 3 is 2.92 bits per heavy atom. The minimum atomic E-state index is -2.44. The number of alkyl halides is 2. The highest BCUT2D eigenvalue weighted by Gasteiger charge is 2.03. The van der Waals surface area contributed by atoms with Crippen molar-refractivity contribution >= 4 is 5.95 Å². The van der Waals surface area contributed by atoms with Gasteiger partial charge in [-0.1, -0.05) is 0 Å². The topological polar surface area (TPSA) is 58.0 Å². The van der Waals surface area contributed by atoms with Gasteiger partial charge in [0.15, 0.2) is 0 Å². The van der Waals surface area contributed by atoms with Crippen molar-refractivity contribution in [3.8, 4) is 0 Å². The van der Waals surface area contributed by atoms with Crippen LogP contribution in [0.2, 0.25) is 0 Å². The number of halogens is 2. The second-order valence-electron chi connectivity index (χ2n) is 2.30. The Morgan fingerprint density at radius 1 is 1.54 bits per heavy atom. The van der Waals surface area contributed by atoms with E-state index >= 15 is 0 Å². The summed E-state index contributed by atoms with van der Waals surface area (Å²) >= 11 is 0. The molecule has 0 amide bonds. The van der Waals surface area contributed by atoms with Crippen molar-refractivity contribution < 1.29 is 13.9 Å². The van der Waals surface area contributed by atoms with Gasteiger partial charge in [-0.2, -0.15) is 0 Å². The summed E-state index contributed by atoms with van der Waals surface area (Å²) in [5, 5.41) is 11.0. The quantitative estimate of drug-likeness (QED) is 0.730. The number of rotatable bonds is 4. The molecule has 0 unspecified atom stereocenters. The number of aliphatic hydroxyl groups excluding tert-OH is 1. The molecule has 1 heterocycles. The van der Waals surface area contributed by atoms with Crippen LogP contribution >= 0.6 is 0 Å². The van der Waals surface area contributed by atoms with Crippen LogP contribution in [-0.2, 0) is 6.61 Å². The lowest BCUT2D eigenvalue weighted by Crippen LogP contribution is -2.12. The average molecular weight is 189 g/mol. The minimum Gasteiger partial charge on any atom is -0.390 e. The van der Waals surface area contributed by atoms with Gasteiger partial charge in [0, 0.05) is 6.20 Å². The summed E-state index contributed by atoms with van der Waals surface area (Å²) in [7, 11) is 0. The number of nitrogens with zero attached hydrogens (tertiary/aromatic N) is 2. The summed E-state index contributed by atoms with van der Waals surface area (Å²) in [6.07, 6.45) is -1.05. The van der Waals surface area contributed by atoms with E-state index in [1.807, 2.05) is 0 Å². The summed E-state index contributed by atoms with van der Waals surface area (Å²) in [6, 6.07) is 1.51. The average Bonchev–Trinajstić information content (AvgIpc) is 2.15. The fraction of sp³-hybridized carbons (Fsp3) is 0.429. The Hall–Kier alpha value is -1.30. The van der Waals surface area contributed by atoms with E-state index in [0.717, 1.165) is 0 Å². The molecule has 0 saturated carbocycles. The van der Waals surface area contributed by atoms with E-state index in [1.54, 1.807) is 0 Å². The van der Waals surface area contributed by atoms with Crippen LogP contribution in [0, 0.1) is 0 Å². The molecule has 1 aromatic rings. The molecule has 13 heavy (non-hydrogen) atoms. The molecule has 0 bridgehead atoms. The molecule has 6 heteroatoms. The molecule has 0 spiro atoms. The molecule has 1 aromatic heterocycles. The van der Waals surface area contributed by atoms with Crippen LogP contribution in [0.25, 0.3) is 0 Å². The molecule has 0 aliphatic rings. The van der Waals surface area contributed by atoms with Gasteiger partial charge < -0.3 is 10.4 Å². The molecule has 0 aromatic carbocycles. The van der Waals surface area contributed by atoms with Gasteiger partial charge in [0.25, 0.3) is 6.43 Å². The van der Waals surface area contributed by atoms with Crippen LogP contribution in [0.5, 0.6) is 0 Å². The van der Waals surface area contributed by atoms with Crippen molar-refractivity contribution in [1.29, 1.82) is 0 Å². The van der Waals surface area contributed by atoms with Gasteiger partial charge in [0.1, 0.15) is 0 Å². The van der Waals surface area contributed by atoms with Gasteiger partial charge in [-0.3, -0.25) is 0 Å². The van der Waals surface area contributed by atoms with E-state index in [2.05, 4.69) is 15.3 Å². The minimum absolute atomic E-state index is 0.104. The first-order chi connectivity index (χ1) is 6.22. The molecular formula is C7H9F2N3O. The second kappa shape index (κ2) is 4.66. The van der Waals surface area contributed by atoms with Gasteiger partial charge >= 0.3 is 0 Å². The standard InChI is InChI=1S/C7H9F2N3O/c8-6(9)3-11-7-10-2-1-5(4-13)12-7/h1-2,6,13H,3-4H2,(H,10,11,12). The third kappa shape index (κ3) is 3.29. The number of hydrogen-bond donors (Lipinski definition) is 2. The Morgan fingerprint density at radius 2 is 2.31 bits per heavy atom. The zero-order chi connectivity index (χ0) is 9.68. The molecule has 0 aliphatic heterocycles. The largest absolute Gasteiger partial charge is 0.390 e. The van der Waals surface area contributed by atoms with E-state index in [-0.39, 0.29) is 12.6 Å². The SMILES string of the molecule is OCc1ccnc(NCC(F)F)n1. The van der Waals surface area contributed by atoms with E-state index in [4.69, 9.17) is 5.11 Å². The maximum atomic E-state index is 11.7. The normalized spacial score (nSPS) is 10.5. The lowest BCUT2D eigenvalue weighted by atomic mass is 10.4. The molecule has 0 fully saturated rings. The number of aliphatic hydroxyl groups is 1. The van der Waals surface area contributed by atoms with E-state index < -0.39 is 13.0 Å². The Balaban J connectivity index is 2.56. The van der Waals surface area contributed by atoms with Crippen LogP contribution in [0.3, 0.4) is 0 Å². The van der Waals surface area contributed by atoms with Gasteiger partial charge in [0.05, 0.1) is 18.8 Å². The maximum absolute atomic E-state index is 11.7.